The molecule has 3 N–H and O–H groups in total. The van der Waals surface area contributed by atoms with Gasteiger partial charge in [0.05, 0.1) is 6.04 Å². The Hall–Kier alpha value is -2.36. The number of hydrogen-bond acceptors (Lipinski definition) is 3. The van der Waals surface area contributed by atoms with E-state index >= 15 is 0 Å². The van der Waals surface area contributed by atoms with Crippen molar-refractivity contribution in [3.8, 4) is 0 Å². The van der Waals surface area contributed by atoms with E-state index in [4.69, 9.17) is 5.73 Å². The van der Waals surface area contributed by atoms with E-state index in [-0.39, 0.29) is 11.9 Å². The maximum absolute atomic E-state index is 12.0. The van der Waals surface area contributed by atoms with Gasteiger partial charge in [-0.15, -0.1) is 0 Å². The number of carbonyl (C=O) groups is 1. The summed E-state index contributed by atoms with van der Waals surface area (Å²) in [6.45, 7) is 1.88. The number of anilines is 1. The highest BCUT2D eigenvalue weighted by Crippen LogP contribution is 2.17. The Morgan fingerprint density at radius 1 is 1.22 bits per heavy atom. The van der Waals surface area contributed by atoms with E-state index in [1.165, 1.54) is 0 Å². The maximum atomic E-state index is 12.0. The summed E-state index contributed by atoms with van der Waals surface area (Å²) in [7, 11) is 0. The Labute approximate surface area is 106 Å². The molecule has 4 heteroatoms. The molecule has 0 aliphatic carbocycles. The molecule has 0 radical (unpaired) electrons. The monoisotopic (exact) mass is 241 g/mol. The summed E-state index contributed by atoms with van der Waals surface area (Å²) in [6, 6.07) is 12.6. The average molecular weight is 241 g/mol. The van der Waals surface area contributed by atoms with E-state index in [2.05, 4.69) is 10.3 Å². The third-order valence-electron chi connectivity index (χ3n) is 2.72. The number of rotatable bonds is 3. The van der Waals surface area contributed by atoms with Crippen molar-refractivity contribution in [1.29, 1.82) is 0 Å². The minimum Gasteiger partial charge on any atom is -0.383 e. The van der Waals surface area contributed by atoms with Gasteiger partial charge in [-0.05, 0) is 25.1 Å². The van der Waals surface area contributed by atoms with E-state index in [1.807, 2.05) is 31.2 Å². The van der Waals surface area contributed by atoms with Gasteiger partial charge in [-0.3, -0.25) is 4.79 Å². The van der Waals surface area contributed by atoms with E-state index in [0.29, 0.717) is 11.4 Å². The first-order valence-corrected chi connectivity index (χ1v) is 5.75. The van der Waals surface area contributed by atoms with Crippen molar-refractivity contribution in [3.05, 3.63) is 59.8 Å². The molecule has 0 saturated heterocycles. The molecular formula is C14H15N3O. The normalized spacial score (nSPS) is 11.8. The lowest BCUT2D eigenvalue weighted by molar-refractivity contribution is 0.0940. The lowest BCUT2D eigenvalue weighted by atomic mass is 10.1. The van der Waals surface area contributed by atoms with Gasteiger partial charge >= 0.3 is 0 Å². The van der Waals surface area contributed by atoms with Crippen LogP contribution in [0.25, 0.3) is 0 Å². The number of amides is 1. The Balaban J connectivity index is 2.11. The van der Waals surface area contributed by atoms with Crippen LogP contribution in [0.4, 0.5) is 5.82 Å². The molecule has 1 aromatic heterocycles. The molecule has 92 valence electrons. The quantitative estimate of drug-likeness (QED) is 0.865. The second-order valence-corrected chi connectivity index (χ2v) is 4.04. The molecule has 1 heterocycles. The number of nitrogens with two attached hydrogens (primary N) is 1. The van der Waals surface area contributed by atoms with E-state index in [9.17, 15) is 4.79 Å². The number of nitrogen functional groups attached to an aromatic ring is 1. The summed E-state index contributed by atoms with van der Waals surface area (Å²) >= 11 is 0. The van der Waals surface area contributed by atoms with Crippen molar-refractivity contribution in [2.45, 2.75) is 13.0 Å². The minimum absolute atomic E-state index is 0.119. The molecule has 4 nitrogen and oxygen atoms in total. The van der Waals surface area contributed by atoms with Crippen molar-refractivity contribution in [3.63, 3.8) is 0 Å². The second-order valence-electron chi connectivity index (χ2n) is 4.04. The largest absolute Gasteiger partial charge is 0.383 e. The molecule has 0 aliphatic rings. The number of hydrogen-bond donors (Lipinski definition) is 2. The molecular weight excluding hydrogens is 226 g/mol. The molecule has 0 bridgehead atoms. The molecule has 0 saturated carbocycles. The molecule has 18 heavy (non-hydrogen) atoms. The first kappa shape index (κ1) is 12.1. The van der Waals surface area contributed by atoms with Gasteiger partial charge in [-0.25, -0.2) is 4.98 Å². The lowest BCUT2D eigenvalue weighted by Crippen LogP contribution is -2.27. The highest BCUT2D eigenvalue weighted by molar-refractivity contribution is 5.94. The van der Waals surface area contributed by atoms with Gasteiger partial charge < -0.3 is 11.1 Å². The zero-order valence-electron chi connectivity index (χ0n) is 10.1. The first-order valence-electron chi connectivity index (χ1n) is 5.75. The van der Waals surface area contributed by atoms with Crippen LogP contribution in [0.3, 0.4) is 0 Å². The summed E-state index contributed by atoms with van der Waals surface area (Å²) < 4.78 is 0. The van der Waals surface area contributed by atoms with Crippen LogP contribution >= 0.6 is 0 Å². The van der Waals surface area contributed by atoms with E-state index in [1.54, 1.807) is 24.4 Å². The smallest absolute Gasteiger partial charge is 0.251 e. The first-order chi connectivity index (χ1) is 8.68. The van der Waals surface area contributed by atoms with Gasteiger partial charge in [-0.1, -0.05) is 24.3 Å². The van der Waals surface area contributed by atoms with Crippen LogP contribution in [-0.2, 0) is 0 Å². The molecule has 1 aromatic carbocycles. The van der Waals surface area contributed by atoms with Crippen LogP contribution in [-0.4, -0.2) is 10.9 Å². The maximum Gasteiger partial charge on any atom is 0.251 e. The van der Waals surface area contributed by atoms with Crippen molar-refractivity contribution in [2.24, 2.45) is 0 Å². The fraction of sp³-hybridized carbons (Fsp3) is 0.143. The zero-order valence-corrected chi connectivity index (χ0v) is 10.1. The number of nitrogens with zero attached hydrogens (tertiary/aromatic N) is 1. The SMILES string of the molecule is CC(NC(=O)c1ccccc1)c1cccnc1N. The Kier molecular flexibility index (Phi) is 3.57. The number of carbonyl (C=O) groups excluding carboxylic acids is 1. The van der Waals surface area contributed by atoms with Crippen molar-refractivity contribution >= 4 is 11.7 Å². The zero-order chi connectivity index (χ0) is 13.0. The van der Waals surface area contributed by atoms with Crippen molar-refractivity contribution in [1.82, 2.24) is 10.3 Å². The van der Waals surface area contributed by atoms with Gasteiger partial charge in [0.1, 0.15) is 5.82 Å². The van der Waals surface area contributed by atoms with Gasteiger partial charge in [0.25, 0.3) is 5.91 Å². The third kappa shape index (κ3) is 2.66. The molecule has 1 unspecified atom stereocenters. The van der Waals surface area contributed by atoms with E-state index in [0.717, 1.165) is 5.56 Å². The highest BCUT2D eigenvalue weighted by atomic mass is 16.1. The predicted octanol–water partition coefficient (Wildman–Crippen LogP) is 2.15. The molecule has 1 atom stereocenters. The van der Waals surface area contributed by atoms with E-state index < -0.39 is 0 Å². The third-order valence-corrected chi connectivity index (χ3v) is 2.72. The Morgan fingerprint density at radius 2 is 1.94 bits per heavy atom. The summed E-state index contributed by atoms with van der Waals surface area (Å²) in [5.74, 6) is 0.324. The molecule has 2 aromatic rings. The van der Waals surface area contributed by atoms with Gasteiger partial charge in [-0.2, -0.15) is 0 Å². The van der Waals surface area contributed by atoms with Crippen LogP contribution in [0.1, 0.15) is 28.9 Å². The lowest BCUT2D eigenvalue weighted by Gasteiger charge is -2.15. The molecule has 0 spiro atoms. The van der Waals surface area contributed by atoms with Crippen LogP contribution in [0.2, 0.25) is 0 Å². The van der Waals surface area contributed by atoms with Crippen LogP contribution in [0, 0.1) is 0 Å². The van der Waals surface area contributed by atoms with Crippen LogP contribution in [0.5, 0.6) is 0 Å². The van der Waals surface area contributed by atoms with Crippen LogP contribution < -0.4 is 11.1 Å². The standard InChI is InChI=1S/C14H15N3O/c1-10(12-8-5-9-16-13(12)15)17-14(18)11-6-3-2-4-7-11/h2-10H,1H3,(H2,15,16)(H,17,18). The van der Waals surface area contributed by atoms with Gasteiger partial charge in [0, 0.05) is 17.3 Å². The molecule has 0 fully saturated rings. The summed E-state index contributed by atoms with van der Waals surface area (Å²) in [4.78, 5) is 16.0. The Bertz CT molecular complexity index is 540. The molecule has 1 amide bonds. The fourth-order valence-electron chi connectivity index (χ4n) is 1.74. The fourth-order valence-corrected chi connectivity index (χ4v) is 1.74. The molecule has 2 rings (SSSR count). The number of nitrogens with one attached hydrogen (secondary N) is 1. The molecule has 0 aliphatic heterocycles. The average Bonchev–Trinajstić information content (AvgIpc) is 2.40. The van der Waals surface area contributed by atoms with Crippen molar-refractivity contribution in [2.75, 3.05) is 5.73 Å². The topological polar surface area (TPSA) is 68.0 Å². The predicted molar refractivity (Wildman–Crippen MR) is 71.0 cm³/mol. The number of benzene rings is 1. The minimum atomic E-state index is -0.175. The summed E-state index contributed by atoms with van der Waals surface area (Å²) in [5, 5.41) is 2.89. The van der Waals surface area contributed by atoms with Crippen LogP contribution in [0.15, 0.2) is 48.7 Å². The summed E-state index contributed by atoms with van der Waals surface area (Å²) in [5.41, 5.74) is 7.23. The number of aromatic nitrogens is 1. The van der Waals surface area contributed by atoms with Gasteiger partial charge in [0.2, 0.25) is 0 Å². The highest BCUT2D eigenvalue weighted by Gasteiger charge is 2.13. The van der Waals surface area contributed by atoms with Gasteiger partial charge in [0.15, 0.2) is 0 Å². The van der Waals surface area contributed by atoms with Crippen molar-refractivity contribution < 1.29 is 4.79 Å². The number of pyridine rings is 1. The second kappa shape index (κ2) is 5.31. The summed E-state index contributed by atoms with van der Waals surface area (Å²) in [6.07, 6.45) is 1.63. The Morgan fingerprint density at radius 3 is 2.61 bits per heavy atom.